The first-order valence-corrected chi connectivity index (χ1v) is 15.9. The van der Waals surface area contributed by atoms with Crippen molar-refractivity contribution in [2.45, 2.75) is 0 Å². The van der Waals surface area contributed by atoms with Crippen molar-refractivity contribution in [2.24, 2.45) is 0 Å². The summed E-state index contributed by atoms with van der Waals surface area (Å²) in [6, 6.07) is 55.5. The fourth-order valence-corrected chi connectivity index (χ4v) is 7.34. The zero-order chi connectivity index (χ0) is 30.9. The van der Waals surface area contributed by atoms with Gasteiger partial charge in [0.05, 0.1) is 11.0 Å². The largest absolute Gasteiger partial charge is 0.278 e. The minimum atomic E-state index is 0.596. The molecule has 1 aliphatic carbocycles. The van der Waals surface area contributed by atoms with Crippen LogP contribution in [0.25, 0.3) is 94.7 Å². The molecule has 0 aliphatic heterocycles. The highest BCUT2D eigenvalue weighted by molar-refractivity contribution is 6.18. The predicted molar refractivity (Wildman–Crippen MR) is 192 cm³/mol. The molecular formula is C43H26N4. The highest BCUT2D eigenvalue weighted by Crippen LogP contribution is 2.52. The van der Waals surface area contributed by atoms with Crippen molar-refractivity contribution in [3.05, 3.63) is 158 Å². The molecular weight excluding hydrogens is 573 g/mol. The van der Waals surface area contributed by atoms with Crippen LogP contribution in [0.15, 0.2) is 158 Å². The first kappa shape index (κ1) is 25.9. The number of nitrogens with zero attached hydrogens (tertiary/aromatic N) is 4. The standard InChI is InChI=1S/C43H26N4/c1-3-13-27(14-4-1)35-25-30(26-36-33-21-11-17-28-18-12-22-34(39(28)33)40(35)36)42-44-41(29-15-5-2-6-16-29)45-43(46-42)47-37-23-9-7-19-31(37)32-20-8-10-24-38(32)47/h1-26H. The fourth-order valence-electron chi connectivity index (χ4n) is 7.34. The Balaban J connectivity index is 1.29. The second-order valence-electron chi connectivity index (χ2n) is 12.0. The lowest BCUT2D eigenvalue weighted by Crippen LogP contribution is -2.06. The summed E-state index contributed by atoms with van der Waals surface area (Å²) in [5, 5.41) is 4.88. The number of aromatic nitrogens is 4. The summed E-state index contributed by atoms with van der Waals surface area (Å²) < 4.78 is 2.17. The SMILES string of the molecule is c1ccc(-c2nc(-c3cc(-c4ccccc4)c4c(c3)-c3cccc5cccc-4c35)nc(-n3c4ccccc4c4ccccc43)n2)cc1. The first-order chi connectivity index (χ1) is 23.3. The minimum Gasteiger partial charge on any atom is -0.278 e. The van der Waals surface area contributed by atoms with Gasteiger partial charge in [0.2, 0.25) is 5.95 Å². The van der Waals surface area contributed by atoms with E-state index in [1.165, 1.54) is 49.4 Å². The van der Waals surface area contributed by atoms with Crippen molar-refractivity contribution in [1.82, 2.24) is 19.5 Å². The first-order valence-electron chi connectivity index (χ1n) is 15.9. The van der Waals surface area contributed by atoms with Gasteiger partial charge >= 0.3 is 0 Å². The van der Waals surface area contributed by atoms with Crippen LogP contribution in [-0.4, -0.2) is 19.5 Å². The topological polar surface area (TPSA) is 43.6 Å². The third-order valence-electron chi connectivity index (χ3n) is 9.38. The van der Waals surface area contributed by atoms with Gasteiger partial charge in [0.15, 0.2) is 11.6 Å². The molecule has 4 nitrogen and oxygen atoms in total. The molecule has 0 unspecified atom stereocenters. The van der Waals surface area contributed by atoms with Crippen molar-refractivity contribution in [1.29, 1.82) is 0 Å². The lowest BCUT2D eigenvalue weighted by molar-refractivity contribution is 0.953. The number of rotatable bonds is 4. The zero-order valence-electron chi connectivity index (χ0n) is 25.3. The summed E-state index contributed by atoms with van der Waals surface area (Å²) in [6.07, 6.45) is 0. The maximum absolute atomic E-state index is 5.27. The van der Waals surface area contributed by atoms with Gasteiger partial charge in [-0.25, -0.2) is 4.98 Å². The lowest BCUT2D eigenvalue weighted by atomic mass is 9.91. The molecule has 0 bridgehead atoms. The highest BCUT2D eigenvalue weighted by Gasteiger charge is 2.26. The van der Waals surface area contributed by atoms with Crippen LogP contribution in [0.3, 0.4) is 0 Å². The quantitative estimate of drug-likeness (QED) is 0.202. The summed E-state index contributed by atoms with van der Waals surface area (Å²) in [5.74, 6) is 1.87. The number of fused-ring (bicyclic) bond motifs is 6. The molecule has 9 aromatic rings. The van der Waals surface area contributed by atoms with E-state index in [0.717, 1.165) is 27.7 Å². The highest BCUT2D eigenvalue weighted by atomic mass is 15.2. The number of hydrogen-bond acceptors (Lipinski definition) is 3. The Labute approximate surface area is 271 Å². The second kappa shape index (κ2) is 10.1. The maximum atomic E-state index is 5.27. The van der Waals surface area contributed by atoms with Gasteiger partial charge in [-0.1, -0.05) is 133 Å². The molecule has 7 aromatic carbocycles. The van der Waals surface area contributed by atoms with Crippen molar-refractivity contribution >= 4 is 32.6 Å². The van der Waals surface area contributed by atoms with E-state index < -0.39 is 0 Å². The predicted octanol–water partition coefficient (Wildman–Crippen LogP) is 10.8. The number of hydrogen-bond donors (Lipinski definition) is 0. The van der Waals surface area contributed by atoms with Crippen molar-refractivity contribution in [3.8, 4) is 62.1 Å². The van der Waals surface area contributed by atoms with Crippen LogP contribution in [0.2, 0.25) is 0 Å². The van der Waals surface area contributed by atoms with Crippen LogP contribution in [0.5, 0.6) is 0 Å². The van der Waals surface area contributed by atoms with E-state index in [4.69, 9.17) is 15.0 Å². The van der Waals surface area contributed by atoms with Gasteiger partial charge in [0, 0.05) is 21.9 Å². The Morgan fingerprint density at radius 2 is 0.936 bits per heavy atom. The summed E-state index contributed by atoms with van der Waals surface area (Å²) in [6.45, 7) is 0. The van der Waals surface area contributed by atoms with Crippen LogP contribution < -0.4 is 0 Å². The number of para-hydroxylation sites is 2. The summed E-state index contributed by atoms with van der Waals surface area (Å²) in [4.78, 5) is 15.6. The lowest BCUT2D eigenvalue weighted by Gasteiger charge is -2.15. The van der Waals surface area contributed by atoms with E-state index in [-0.39, 0.29) is 0 Å². The zero-order valence-corrected chi connectivity index (χ0v) is 25.3. The fraction of sp³-hybridized carbons (Fsp3) is 0. The molecule has 10 rings (SSSR count). The van der Waals surface area contributed by atoms with E-state index in [9.17, 15) is 0 Å². The van der Waals surface area contributed by atoms with E-state index in [0.29, 0.717) is 17.6 Å². The minimum absolute atomic E-state index is 0.596. The molecule has 1 aliphatic rings. The summed E-state index contributed by atoms with van der Waals surface area (Å²) in [5.41, 5.74) is 11.3. The Bertz CT molecular complexity index is 2610. The van der Waals surface area contributed by atoms with Crippen LogP contribution in [0, 0.1) is 0 Å². The Kier molecular flexibility index (Phi) is 5.54. The summed E-state index contributed by atoms with van der Waals surface area (Å²) >= 11 is 0. The van der Waals surface area contributed by atoms with Gasteiger partial charge < -0.3 is 0 Å². The van der Waals surface area contributed by atoms with Crippen LogP contribution in [0.1, 0.15) is 0 Å². The monoisotopic (exact) mass is 598 g/mol. The van der Waals surface area contributed by atoms with Gasteiger partial charge in [-0.15, -0.1) is 0 Å². The summed E-state index contributed by atoms with van der Waals surface area (Å²) in [7, 11) is 0. The Hall–Kier alpha value is -6.39. The van der Waals surface area contributed by atoms with Gasteiger partial charge in [-0.3, -0.25) is 4.57 Å². The molecule has 47 heavy (non-hydrogen) atoms. The van der Waals surface area contributed by atoms with E-state index in [1.807, 2.05) is 18.2 Å². The normalized spacial score (nSPS) is 11.8. The van der Waals surface area contributed by atoms with Crippen LogP contribution in [0.4, 0.5) is 0 Å². The van der Waals surface area contributed by atoms with E-state index in [2.05, 4.69) is 144 Å². The third kappa shape index (κ3) is 3.92. The van der Waals surface area contributed by atoms with Crippen molar-refractivity contribution < 1.29 is 0 Å². The van der Waals surface area contributed by atoms with E-state index >= 15 is 0 Å². The molecule has 0 fully saturated rings. The Morgan fingerprint density at radius 1 is 0.383 bits per heavy atom. The van der Waals surface area contributed by atoms with Crippen molar-refractivity contribution in [2.75, 3.05) is 0 Å². The average Bonchev–Trinajstić information content (AvgIpc) is 3.66. The molecule has 4 heteroatoms. The molecule has 0 saturated heterocycles. The smallest absolute Gasteiger partial charge is 0.238 e. The molecule has 2 heterocycles. The van der Waals surface area contributed by atoms with Gasteiger partial charge in [-0.05, 0) is 68.4 Å². The Morgan fingerprint density at radius 3 is 1.62 bits per heavy atom. The van der Waals surface area contributed by atoms with Crippen molar-refractivity contribution in [3.63, 3.8) is 0 Å². The molecule has 0 radical (unpaired) electrons. The van der Waals surface area contributed by atoms with Gasteiger partial charge in [0.25, 0.3) is 0 Å². The third-order valence-corrected chi connectivity index (χ3v) is 9.38. The average molecular weight is 599 g/mol. The number of benzene rings is 7. The van der Waals surface area contributed by atoms with E-state index in [1.54, 1.807) is 0 Å². The second-order valence-corrected chi connectivity index (χ2v) is 12.0. The molecule has 2 aromatic heterocycles. The molecule has 0 N–H and O–H groups in total. The molecule has 0 amide bonds. The maximum Gasteiger partial charge on any atom is 0.238 e. The van der Waals surface area contributed by atoms with Gasteiger partial charge in [0.1, 0.15) is 0 Å². The molecule has 0 saturated carbocycles. The molecule has 0 spiro atoms. The van der Waals surface area contributed by atoms with Gasteiger partial charge in [-0.2, -0.15) is 9.97 Å². The van der Waals surface area contributed by atoms with Crippen LogP contribution >= 0.6 is 0 Å². The molecule has 0 atom stereocenters. The molecule has 218 valence electrons. The van der Waals surface area contributed by atoms with Crippen LogP contribution in [-0.2, 0) is 0 Å².